The van der Waals surface area contributed by atoms with Crippen molar-refractivity contribution in [2.75, 3.05) is 7.05 Å². The van der Waals surface area contributed by atoms with Crippen LogP contribution in [0.3, 0.4) is 0 Å². The van der Waals surface area contributed by atoms with Gasteiger partial charge in [-0.3, -0.25) is 10.1 Å². The summed E-state index contributed by atoms with van der Waals surface area (Å²) in [5, 5.41) is 4.09. The second-order valence-electron chi connectivity index (χ2n) is 4.60. The molecular formula is C15H15F3N2O4. The van der Waals surface area contributed by atoms with Gasteiger partial charge in [0.25, 0.3) is 5.91 Å². The SMILES string of the molecule is CNC(=O)NC(=O)C(C)OC(=O)/C=C/c1ccc(C(F)(F)F)cc1. The van der Waals surface area contributed by atoms with E-state index in [1.165, 1.54) is 32.2 Å². The van der Waals surface area contributed by atoms with Gasteiger partial charge in [0.1, 0.15) is 0 Å². The molecule has 1 rings (SSSR count). The Morgan fingerprint density at radius 2 is 1.75 bits per heavy atom. The zero-order chi connectivity index (χ0) is 18.3. The second kappa shape index (κ2) is 8.14. The normalized spacial score (nSPS) is 12.5. The van der Waals surface area contributed by atoms with Gasteiger partial charge in [-0.05, 0) is 30.7 Å². The molecule has 1 unspecified atom stereocenters. The Morgan fingerprint density at radius 3 is 2.25 bits per heavy atom. The predicted octanol–water partition coefficient (Wildman–Crippen LogP) is 2.11. The number of nitrogens with one attached hydrogen (secondary N) is 2. The number of halogens is 3. The Bertz CT molecular complexity index is 639. The first kappa shape index (κ1) is 19.2. The van der Waals surface area contributed by atoms with Gasteiger partial charge in [0.15, 0.2) is 6.10 Å². The molecule has 1 aromatic rings. The van der Waals surface area contributed by atoms with Gasteiger partial charge in [0.2, 0.25) is 0 Å². The van der Waals surface area contributed by atoms with E-state index in [1.54, 1.807) is 0 Å². The third-order valence-corrected chi connectivity index (χ3v) is 2.78. The van der Waals surface area contributed by atoms with E-state index in [2.05, 4.69) is 5.32 Å². The molecule has 0 aliphatic carbocycles. The summed E-state index contributed by atoms with van der Waals surface area (Å²) in [4.78, 5) is 34.0. The number of benzene rings is 1. The Balaban J connectivity index is 2.59. The van der Waals surface area contributed by atoms with Crippen molar-refractivity contribution < 1.29 is 32.3 Å². The third kappa shape index (κ3) is 6.11. The van der Waals surface area contributed by atoms with Crippen LogP contribution in [0.25, 0.3) is 6.08 Å². The van der Waals surface area contributed by atoms with Crippen molar-refractivity contribution >= 4 is 24.0 Å². The number of ether oxygens (including phenoxy) is 1. The topological polar surface area (TPSA) is 84.5 Å². The van der Waals surface area contributed by atoms with E-state index in [4.69, 9.17) is 4.74 Å². The smallest absolute Gasteiger partial charge is 0.416 e. The molecule has 0 saturated heterocycles. The minimum atomic E-state index is -4.44. The van der Waals surface area contributed by atoms with E-state index in [1.807, 2.05) is 5.32 Å². The lowest BCUT2D eigenvalue weighted by Crippen LogP contribution is -2.43. The second-order valence-corrected chi connectivity index (χ2v) is 4.60. The minimum absolute atomic E-state index is 0.349. The van der Waals surface area contributed by atoms with E-state index >= 15 is 0 Å². The molecular weight excluding hydrogens is 329 g/mol. The number of esters is 1. The van der Waals surface area contributed by atoms with Crippen LogP contribution in [0.2, 0.25) is 0 Å². The zero-order valence-electron chi connectivity index (χ0n) is 12.8. The number of rotatable bonds is 4. The van der Waals surface area contributed by atoms with Crippen molar-refractivity contribution in [2.24, 2.45) is 0 Å². The molecule has 0 saturated carbocycles. The molecule has 0 bridgehead atoms. The number of imide groups is 1. The lowest BCUT2D eigenvalue weighted by atomic mass is 10.1. The first-order valence-corrected chi connectivity index (χ1v) is 6.72. The molecule has 0 aromatic heterocycles. The summed E-state index contributed by atoms with van der Waals surface area (Å²) in [6.45, 7) is 1.27. The quantitative estimate of drug-likeness (QED) is 0.647. The Labute approximate surface area is 135 Å². The standard InChI is InChI=1S/C15H15F3N2O4/c1-9(13(22)20-14(23)19-2)24-12(21)8-5-10-3-6-11(7-4-10)15(16,17)18/h3-9H,1-2H3,(H2,19,20,22,23)/b8-5+. The van der Waals surface area contributed by atoms with Crippen LogP contribution in [0.15, 0.2) is 30.3 Å². The van der Waals surface area contributed by atoms with Gasteiger partial charge in [-0.1, -0.05) is 12.1 Å². The van der Waals surface area contributed by atoms with Gasteiger partial charge in [-0.15, -0.1) is 0 Å². The molecule has 0 fully saturated rings. The van der Waals surface area contributed by atoms with Gasteiger partial charge < -0.3 is 10.1 Å². The highest BCUT2D eigenvalue weighted by Gasteiger charge is 2.29. The number of hydrogen-bond donors (Lipinski definition) is 2. The van der Waals surface area contributed by atoms with Crippen LogP contribution in [0.4, 0.5) is 18.0 Å². The van der Waals surface area contributed by atoms with E-state index in [-0.39, 0.29) is 0 Å². The summed E-state index contributed by atoms with van der Waals surface area (Å²) in [5.41, 5.74) is -0.455. The van der Waals surface area contributed by atoms with E-state index < -0.39 is 35.8 Å². The average molecular weight is 344 g/mol. The van der Waals surface area contributed by atoms with Crippen molar-refractivity contribution in [2.45, 2.75) is 19.2 Å². The summed E-state index contributed by atoms with van der Waals surface area (Å²) in [6.07, 6.45) is -3.44. The maximum atomic E-state index is 12.4. The van der Waals surface area contributed by atoms with E-state index in [9.17, 15) is 27.6 Å². The molecule has 0 aliphatic heterocycles. The maximum absolute atomic E-state index is 12.4. The molecule has 24 heavy (non-hydrogen) atoms. The summed E-state index contributed by atoms with van der Waals surface area (Å²) >= 11 is 0. The van der Waals surface area contributed by atoms with Gasteiger partial charge >= 0.3 is 18.2 Å². The number of hydrogen-bond acceptors (Lipinski definition) is 4. The monoisotopic (exact) mass is 344 g/mol. The summed E-state index contributed by atoms with van der Waals surface area (Å²) in [7, 11) is 1.31. The highest BCUT2D eigenvalue weighted by Crippen LogP contribution is 2.29. The van der Waals surface area contributed by atoms with Crippen LogP contribution in [0.1, 0.15) is 18.1 Å². The molecule has 3 amide bonds. The van der Waals surface area contributed by atoms with Crippen LogP contribution in [0, 0.1) is 0 Å². The predicted molar refractivity (Wildman–Crippen MR) is 78.6 cm³/mol. The number of carbonyl (C=O) groups is 3. The van der Waals surface area contributed by atoms with Crippen LogP contribution in [0.5, 0.6) is 0 Å². The minimum Gasteiger partial charge on any atom is -0.449 e. The Kier molecular flexibility index (Phi) is 6.51. The van der Waals surface area contributed by atoms with Crippen molar-refractivity contribution in [3.05, 3.63) is 41.5 Å². The number of alkyl halides is 3. The fourth-order valence-corrected chi connectivity index (χ4v) is 1.49. The van der Waals surface area contributed by atoms with E-state index in [0.29, 0.717) is 5.56 Å². The molecule has 0 heterocycles. The molecule has 1 aromatic carbocycles. The Hall–Kier alpha value is -2.84. The molecule has 1 atom stereocenters. The van der Waals surface area contributed by atoms with E-state index in [0.717, 1.165) is 18.2 Å². The van der Waals surface area contributed by atoms with Crippen LogP contribution in [-0.2, 0) is 20.5 Å². The maximum Gasteiger partial charge on any atom is 0.416 e. The van der Waals surface area contributed by atoms with Gasteiger partial charge in [0, 0.05) is 13.1 Å². The number of carbonyl (C=O) groups excluding carboxylic acids is 3. The van der Waals surface area contributed by atoms with Gasteiger partial charge in [0.05, 0.1) is 5.56 Å². The molecule has 6 nitrogen and oxygen atoms in total. The van der Waals surface area contributed by atoms with Crippen LogP contribution < -0.4 is 10.6 Å². The van der Waals surface area contributed by atoms with Crippen LogP contribution in [-0.4, -0.2) is 31.1 Å². The van der Waals surface area contributed by atoms with Gasteiger partial charge in [-0.25, -0.2) is 9.59 Å². The lowest BCUT2D eigenvalue weighted by Gasteiger charge is -2.11. The largest absolute Gasteiger partial charge is 0.449 e. The fraction of sp³-hybridized carbons (Fsp3) is 0.267. The number of urea groups is 1. The molecule has 0 spiro atoms. The lowest BCUT2D eigenvalue weighted by molar-refractivity contribution is -0.149. The summed E-state index contributed by atoms with van der Waals surface area (Å²) in [5.74, 6) is -1.69. The van der Waals surface area contributed by atoms with Crippen molar-refractivity contribution in [3.63, 3.8) is 0 Å². The molecule has 2 N–H and O–H groups in total. The van der Waals surface area contributed by atoms with Crippen molar-refractivity contribution in [3.8, 4) is 0 Å². The van der Waals surface area contributed by atoms with Crippen molar-refractivity contribution in [1.29, 1.82) is 0 Å². The Morgan fingerprint density at radius 1 is 1.17 bits per heavy atom. The first-order chi connectivity index (χ1) is 11.1. The fourth-order valence-electron chi connectivity index (χ4n) is 1.49. The molecule has 0 aliphatic rings. The molecule has 0 radical (unpaired) electrons. The summed E-state index contributed by atoms with van der Waals surface area (Å²) < 4.78 is 42.0. The first-order valence-electron chi connectivity index (χ1n) is 6.72. The molecule has 130 valence electrons. The average Bonchev–Trinajstić information content (AvgIpc) is 2.52. The summed E-state index contributed by atoms with van der Waals surface area (Å²) in [6, 6.07) is 3.39. The van der Waals surface area contributed by atoms with Crippen molar-refractivity contribution in [1.82, 2.24) is 10.6 Å². The highest BCUT2D eigenvalue weighted by molar-refractivity contribution is 5.97. The zero-order valence-corrected chi connectivity index (χ0v) is 12.8. The van der Waals surface area contributed by atoms with Crippen LogP contribution >= 0.6 is 0 Å². The van der Waals surface area contributed by atoms with Gasteiger partial charge in [-0.2, -0.15) is 13.2 Å². The highest BCUT2D eigenvalue weighted by atomic mass is 19.4. The molecule has 9 heteroatoms. The number of amides is 3. The third-order valence-electron chi connectivity index (χ3n) is 2.78.